The molecule has 0 aromatic heterocycles. The van der Waals surface area contributed by atoms with Gasteiger partial charge in [-0.25, -0.2) is 0 Å². The van der Waals surface area contributed by atoms with Crippen LogP contribution in [0.4, 0.5) is 0 Å². The van der Waals surface area contributed by atoms with Crippen molar-refractivity contribution < 1.29 is 24.5 Å². The van der Waals surface area contributed by atoms with E-state index in [1.54, 1.807) is 0 Å². The number of aromatic hydroxyl groups is 2. The molecule has 0 heterocycles. The normalized spacial score (nSPS) is 9.76. The number of hydrogen-bond donors (Lipinski definition) is 2. The molecule has 1 aromatic rings. The van der Waals surface area contributed by atoms with Gasteiger partial charge in [0.15, 0.2) is 0 Å². The molecule has 0 saturated heterocycles. The number of hydrogen-bond acceptors (Lipinski definition) is 5. The van der Waals surface area contributed by atoms with E-state index in [1.165, 1.54) is 32.4 Å². The number of phenols is 2. The smallest absolute Gasteiger partial charge is 0.325 e. The van der Waals surface area contributed by atoms with Crippen molar-refractivity contribution in [1.82, 2.24) is 4.90 Å². The van der Waals surface area contributed by atoms with E-state index in [9.17, 15) is 19.8 Å². The number of carbonyl (C=O) groups is 2. The number of amides is 1. The molecule has 1 aromatic carbocycles. The highest BCUT2D eigenvalue weighted by Crippen LogP contribution is 2.27. The van der Waals surface area contributed by atoms with Crippen LogP contribution in [0.15, 0.2) is 18.2 Å². The van der Waals surface area contributed by atoms with Gasteiger partial charge in [-0.05, 0) is 12.1 Å². The summed E-state index contributed by atoms with van der Waals surface area (Å²) >= 11 is 0. The van der Waals surface area contributed by atoms with E-state index in [0.717, 1.165) is 4.90 Å². The van der Waals surface area contributed by atoms with Crippen LogP contribution in [0.25, 0.3) is 0 Å². The van der Waals surface area contributed by atoms with Gasteiger partial charge < -0.3 is 19.8 Å². The van der Waals surface area contributed by atoms with E-state index in [2.05, 4.69) is 4.74 Å². The number of nitrogens with zero attached hydrogens (tertiary/aromatic N) is 1. The summed E-state index contributed by atoms with van der Waals surface area (Å²) in [5.41, 5.74) is -0.237. The molecule has 0 atom stereocenters. The summed E-state index contributed by atoms with van der Waals surface area (Å²) in [6.45, 7) is -0.261. The molecule has 0 spiro atoms. The van der Waals surface area contributed by atoms with Crippen LogP contribution in [0.2, 0.25) is 0 Å². The summed E-state index contributed by atoms with van der Waals surface area (Å²) in [4.78, 5) is 23.9. The molecule has 2 N–H and O–H groups in total. The fourth-order valence-electron chi connectivity index (χ4n) is 1.27. The second-order valence-corrected chi connectivity index (χ2v) is 3.41. The minimum atomic E-state index is -0.661. The van der Waals surface area contributed by atoms with Crippen molar-refractivity contribution in [2.45, 2.75) is 0 Å². The lowest BCUT2D eigenvalue weighted by Gasteiger charge is -2.16. The van der Waals surface area contributed by atoms with Gasteiger partial charge in [0.1, 0.15) is 23.6 Å². The predicted octanol–water partition coefficient (Wildman–Crippen LogP) is 0.343. The van der Waals surface area contributed by atoms with Gasteiger partial charge in [0.2, 0.25) is 0 Å². The van der Waals surface area contributed by atoms with Crippen LogP contribution in [0.3, 0.4) is 0 Å². The number of rotatable bonds is 3. The first-order valence-electron chi connectivity index (χ1n) is 4.80. The van der Waals surface area contributed by atoms with Crippen LogP contribution < -0.4 is 0 Å². The van der Waals surface area contributed by atoms with Crippen molar-refractivity contribution in [1.29, 1.82) is 0 Å². The highest BCUT2D eigenvalue weighted by atomic mass is 16.5. The summed E-state index contributed by atoms with van der Waals surface area (Å²) in [5, 5.41) is 19.0. The maximum Gasteiger partial charge on any atom is 0.325 e. The Morgan fingerprint density at radius 3 is 2.29 bits per heavy atom. The van der Waals surface area contributed by atoms with E-state index in [0.29, 0.717) is 0 Å². The topological polar surface area (TPSA) is 87.1 Å². The highest BCUT2D eigenvalue weighted by Gasteiger charge is 2.21. The Hall–Kier alpha value is -2.24. The molecule has 0 saturated carbocycles. The number of phenolic OH excluding ortho intramolecular Hbond substituents is 2. The van der Waals surface area contributed by atoms with E-state index < -0.39 is 11.9 Å². The van der Waals surface area contributed by atoms with Crippen molar-refractivity contribution in [2.75, 3.05) is 20.7 Å². The number of esters is 1. The first-order valence-corrected chi connectivity index (χ1v) is 4.80. The molecule has 0 aliphatic carbocycles. The quantitative estimate of drug-likeness (QED) is 0.743. The van der Waals surface area contributed by atoms with Crippen LogP contribution in [0, 0.1) is 0 Å². The zero-order valence-corrected chi connectivity index (χ0v) is 9.51. The van der Waals surface area contributed by atoms with Crippen molar-refractivity contribution in [3.63, 3.8) is 0 Å². The van der Waals surface area contributed by atoms with Crippen LogP contribution in [-0.4, -0.2) is 47.7 Å². The Morgan fingerprint density at radius 2 is 1.82 bits per heavy atom. The monoisotopic (exact) mass is 239 g/mol. The Balaban J connectivity index is 2.93. The molecular weight excluding hydrogens is 226 g/mol. The molecule has 6 heteroatoms. The van der Waals surface area contributed by atoms with Gasteiger partial charge >= 0.3 is 5.97 Å². The standard InChI is InChI=1S/C11H13NO5/c1-12(6-9(15)17-2)11(16)10-7(13)4-3-5-8(10)14/h3-5,13-14H,6H2,1-2H3. The van der Waals surface area contributed by atoms with E-state index in [1.807, 2.05) is 0 Å². The number of likely N-dealkylation sites (N-methyl/N-ethyl adjacent to an activating group) is 1. The minimum absolute atomic E-state index is 0.237. The van der Waals surface area contributed by atoms with Crippen molar-refractivity contribution in [2.24, 2.45) is 0 Å². The maximum absolute atomic E-state index is 11.8. The van der Waals surface area contributed by atoms with E-state index in [-0.39, 0.29) is 23.6 Å². The summed E-state index contributed by atoms with van der Waals surface area (Å²) in [6.07, 6.45) is 0. The Kier molecular flexibility index (Phi) is 3.92. The van der Waals surface area contributed by atoms with Gasteiger partial charge in [-0.2, -0.15) is 0 Å². The molecule has 1 amide bonds. The zero-order valence-electron chi connectivity index (χ0n) is 9.51. The summed E-state index contributed by atoms with van der Waals surface area (Å²) in [6, 6.07) is 3.96. The van der Waals surface area contributed by atoms with E-state index >= 15 is 0 Å². The van der Waals surface area contributed by atoms with Crippen LogP contribution in [0.1, 0.15) is 10.4 Å². The highest BCUT2D eigenvalue weighted by molar-refractivity contribution is 6.00. The van der Waals surface area contributed by atoms with Gasteiger partial charge in [0.25, 0.3) is 5.91 Å². The second kappa shape index (κ2) is 5.20. The molecule has 0 aliphatic rings. The molecule has 6 nitrogen and oxygen atoms in total. The lowest BCUT2D eigenvalue weighted by atomic mass is 10.1. The number of ether oxygens (including phenoxy) is 1. The molecule has 92 valence electrons. The van der Waals surface area contributed by atoms with Crippen molar-refractivity contribution in [3.8, 4) is 11.5 Å². The largest absolute Gasteiger partial charge is 0.507 e. The fourth-order valence-corrected chi connectivity index (χ4v) is 1.27. The minimum Gasteiger partial charge on any atom is -0.507 e. The second-order valence-electron chi connectivity index (χ2n) is 3.41. The molecule has 1 rings (SSSR count). The van der Waals surface area contributed by atoms with Crippen LogP contribution >= 0.6 is 0 Å². The average Bonchev–Trinajstić information content (AvgIpc) is 2.28. The molecule has 0 aliphatic heterocycles. The van der Waals surface area contributed by atoms with Crippen molar-refractivity contribution >= 4 is 11.9 Å². The van der Waals surface area contributed by atoms with Crippen molar-refractivity contribution in [3.05, 3.63) is 23.8 Å². The average molecular weight is 239 g/mol. The zero-order chi connectivity index (χ0) is 13.0. The fraction of sp³-hybridized carbons (Fsp3) is 0.273. The van der Waals surface area contributed by atoms with Gasteiger partial charge in [-0.1, -0.05) is 6.07 Å². The third-order valence-electron chi connectivity index (χ3n) is 2.17. The Morgan fingerprint density at radius 1 is 1.29 bits per heavy atom. The van der Waals surface area contributed by atoms with E-state index in [4.69, 9.17) is 0 Å². The lowest BCUT2D eigenvalue weighted by molar-refractivity contribution is -0.141. The molecule has 0 bridgehead atoms. The van der Waals surface area contributed by atoms with Crippen LogP contribution in [-0.2, 0) is 9.53 Å². The van der Waals surface area contributed by atoms with Gasteiger partial charge in [-0.3, -0.25) is 9.59 Å². The Labute approximate surface area is 98.0 Å². The first-order chi connectivity index (χ1) is 7.97. The molecule has 0 radical (unpaired) electrons. The van der Waals surface area contributed by atoms with Gasteiger partial charge in [-0.15, -0.1) is 0 Å². The third kappa shape index (κ3) is 2.87. The van der Waals surface area contributed by atoms with Crippen LogP contribution in [0.5, 0.6) is 11.5 Å². The number of methoxy groups -OCH3 is 1. The maximum atomic E-state index is 11.8. The summed E-state index contributed by atoms with van der Waals surface area (Å²) < 4.78 is 4.41. The Bertz CT molecular complexity index is 423. The summed E-state index contributed by atoms with van der Waals surface area (Å²) in [5.74, 6) is -1.93. The van der Waals surface area contributed by atoms with Gasteiger partial charge in [0, 0.05) is 7.05 Å². The third-order valence-corrected chi connectivity index (χ3v) is 2.17. The SMILES string of the molecule is COC(=O)CN(C)C(=O)c1c(O)cccc1O. The molecular formula is C11H13NO5. The first kappa shape index (κ1) is 12.8. The molecule has 17 heavy (non-hydrogen) atoms. The lowest BCUT2D eigenvalue weighted by Crippen LogP contribution is -2.32. The number of carbonyl (C=O) groups excluding carboxylic acids is 2. The molecule has 0 fully saturated rings. The predicted molar refractivity (Wildman–Crippen MR) is 58.7 cm³/mol. The number of benzene rings is 1. The molecule has 0 unspecified atom stereocenters. The van der Waals surface area contributed by atoms with Gasteiger partial charge in [0.05, 0.1) is 7.11 Å². The summed E-state index contributed by atoms with van der Waals surface area (Å²) in [7, 11) is 2.57.